The highest BCUT2D eigenvalue weighted by Crippen LogP contribution is 2.25. The largest absolute Gasteiger partial charge is 0.368 e. The summed E-state index contributed by atoms with van der Waals surface area (Å²) < 4.78 is 1.07. The first-order chi connectivity index (χ1) is 14.4. The van der Waals surface area contributed by atoms with E-state index in [0.29, 0.717) is 31.2 Å². The van der Waals surface area contributed by atoms with Crippen molar-refractivity contribution in [3.63, 3.8) is 0 Å². The number of hydrogen-bond acceptors (Lipinski definition) is 5. The van der Waals surface area contributed by atoms with Crippen LogP contribution in [0, 0.1) is 6.92 Å². The van der Waals surface area contributed by atoms with Gasteiger partial charge in [0.25, 0.3) is 11.5 Å². The number of aromatic nitrogens is 2. The number of aromatic amines is 1. The van der Waals surface area contributed by atoms with Gasteiger partial charge in [-0.1, -0.05) is 23.7 Å². The van der Waals surface area contributed by atoms with E-state index in [1.807, 2.05) is 42.6 Å². The topological polar surface area (TPSA) is 78.4 Å². The van der Waals surface area contributed by atoms with Crippen LogP contribution in [0.15, 0.2) is 51.5 Å². The Balaban J connectivity index is 1.51. The van der Waals surface area contributed by atoms with E-state index < -0.39 is 11.2 Å². The number of nitrogens with one attached hydrogen (secondary N) is 1. The first kappa shape index (κ1) is 20.4. The number of nitrogens with zero attached hydrogens (tertiary/aromatic N) is 3. The van der Waals surface area contributed by atoms with Gasteiger partial charge >= 0.3 is 5.69 Å². The van der Waals surface area contributed by atoms with E-state index in [1.54, 1.807) is 4.90 Å². The van der Waals surface area contributed by atoms with Gasteiger partial charge in [-0.05, 0) is 36.1 Å². The molecule has 0 unspecified atom stereocenters. The molecular weight excluding hydrogens is 424 g/mol. The predicted molar refractivity (Wildman–Crippen MR) is 119 cm³/mol. The summed E-state index contributed by atoms with van der Waals surface area (Å²) in [6.07, 6.45) is 1.23. The molecule has 0 saturated carbocycles. The average Bonchev–Trinajstić information content (AvgIpc) is 3.26. The van der Waals surface area contributed by atoms with E-state index >= 15 is 0 Å². The zero-order valence-corrected chi connectivity index (χ0v) is 18.0. The van der Waals surface area contributed by atoms with Crippen LogP contribution in [0.4, 0.5) is 5.69 Å². The average molecular weight is 445 g/mol. The summed E-state index contributed by atoms with van der Waals surface area (Å²) in [4.78, 5) is 45.2. The number of hydrogen-bond donors (Lipinski definition) is 1. The lowest BCUT2D eigenvalue weighted by Gasteiger charge is -2.36. The molecule has 1 fully saturated rings. The third-order valence-corrected chi connectivity index (χ3v) is 6.36. The Morgan fingerprint density at radius 1 is 1.17 bits per heavy atom. The number of H-pyrrole nitrogens is 1. The molecule has 7 nitrogen and oxygen atoms in total. The van der Waals surface area contributed by atoms with Crippen LogP contribution in [0.5, 0.6) is 0 Å². The number of carbonyl (C=O) groups excluding carboxylic acids is 1. The second-order valence-corrected chi connectivity index (χ2v) is 8.66. The predicted octanol–water partition coefficient (Wildman–Crippen LogP) is 2.57. The molecule has 1 amide bonds. The number of thiophene rings is 1. The van der Waals surface area contributed by atoms with Crippen molar-refractivity contribution in [3.05, 3.63) is 83.8 Å². The second-order valence-electron chi connectivity index (χ2n) is 7.19. The third kappa shape index (κ3) is 4.06. The lowest BCUT2D eigenvalue weighted by Crippen LogP contribution is -2.50. The van der Waals surface area contributed by atoms with Crippen LogP contribution >= 0.6 is 22.9 Å². The Hall–Kier alpha value is -2.84. The Labute approximate surface area is 182 Å². The van der Waals surface area contributed by atoms with Crippen LogP contribution < -0.4 is 16.1 Å². The van der Waals surface area contributed by atoms with E-state index in [4.69, 9.17) is 11.6 Å². The molecule has 1 aliphatic rings. The molecule has 30 heavy (non-hydrogen) atoms. The molecule has 1 N–H and O–H groups in total. The van der Waals surface area contributed by atoms with Crippen molar-refractivity contribution in [2.24, 2.45) is 0 Å². The molecule has 0 atom stereocenters. The number of carbonyl (C=O) groups is 1. The van der Waals surface area contributed by atoms with Crippen LogP contribution in [-0.4, -0.2) is 46.5 Å². The molecule has 3 heterocycles. The van der Waals surface area contributed by atoms with Crippen LogP contribution in [-0.2, 0) is 6.54 Å². The van der Waals surface area contributed by atoms with Crippen molar-refractivity contribution in [1.82, 2.24) is 14.5 Å². The van der Waals surface area contributed by atoms with Gasteiger partial charge in [0.2, 0.25) is 0 Å². The summed E-state index contributed by atoms with van der Waals surface area (Å²) in [7, 11) is 0. The molecule has 3 aromatic rings. The minimum atomic E-state index is -0.565. The number of benzene rings is 1. The van der Waals surface area contributed by atoms with E-state index in [0.717, 1.165) is 20.7 Å². The van der Waals surface area contributed by atoms with E-state index in [9.17, 15) is 14.4 Å². The van der Waals surface area contributed by atoms with Gasteiger partial charge in [0, 0.05) is 48.0 Å². The summed E-state index contributed by atoms with van der Waals surface area (Å²) >= 11 is 7.59. The monoisotopic (exact) mass is 444 g/mol. The van der Waals surface area contributed by atoms with Gasteiger partial charge in [0.1, 0.15) is 5.56 Å². The molecule has 0 spiro atoms. The fraction of sp³-hybridized carbons (Fsp3) is 0.286. The number of aryl methyl sites for hydroxylation is 1. The summed E-state index contributed by atoms with van der Waals surface area (Å²) in [6.45, 7) is 4.41. The molecule has 0 bridgehead atoms. The van der Waals surface area contributed by atoms with Crippen LogP contribution in [0.1, 0.15) is 20.8 Å². The molecule has 1 saturated heterocycles. The highest BCUT2D eigenvalue weighted by atomic mass is 35.5. The van der Waals surface area contributed by atoms with Gasteiger partial charge in [0.05, 0.1) is 6.54 Å². The van der Waals surface area contributed by atoms with Crippen molar-refractivity contribution < 1.29 is 4.79 Å². The zero-order valence-electron chi connectivity index (χ0n) is 16.4. The smallest absolute Gasteiger partial charge is 0.328 e. The van der Waals surface area contributed by atoms with Crippen molar-refractivity contribution in [2.75, 3.05) is 31.1 Å². The molecule has 0 aliphatic carbocycles. The van der Waals surface area contributed by atoms with E-state index in [2.05, 4.69) is 9.88 Å². The van der Waals surface area contributed by atoms with Crippen molar-refractivity contribution >= 4 is 34.5 Å². The van der Waals surface area contributed by atoms with Crippen molar-refractivity contribution in [2.45, 2.75) is 13.5 Å². The summed E-state index contributed by atoms with van der Waals surface area (Å²) in [5.41, 5.74) is 1.07. The summed E-state index contributed by atoms with van der Waals surface area (Å²) in [5.74, 6) is -0.362. The van der Waals surface area contributed by atoms with Gasteiger partial charge in [-0.25, -0.2) is 4.79 Å². The minimum absolute atomic E-state index is 0.0152. The minimum Gasteiger partial charge on any atom is -0.368 e. The summed E-state index contributed by atoms with van der Waals surface area (Å²) in [5, 5.41) is 2.55. The Bertz CT molecular complexity index is 1180. The fourth-order valence-corrected chi connectivity index (χ4v) is 4.47. The Morgan fingerprint density at radius 2 is 1.93 bits per heavy atom. The maximum absolute atomic E-state index is 13.0. The fourth-order valence-electron chi connectivity index (χ4n) is 3.61. The number of anilines is 1. The molecule has 2 aromatic heterocycles. The van der Waals surface area contributed by atoms with Gasteiger partial charge in [-0.3, -0.25) is 14.2 Å². The lowest BCUT2D eigenvalue weighted by molar-refractivity contribution is 0.0743. The zero-order chi connectivity index (χ0) is 21.3. The van der Waals surface area contributed by atoms with Gasteiger partial charge in [-0.2, -0.15) is 0 Å². The van der Waals surface area contributed by atoms with Crippen LogP contribution in [0.2, 0.25) is 5.02 Å². The maximum Gasteiger partial charge on any atom is 0.328 e. The second kappa shape index (κ2) is 8.49. The van der Waals surface area contributed by atoms with Crippen LogP contribution in [0.25, 0.3) is 0 Å². The third-order valence-electron chi connectivity index (χ3n) is 5.26. The molecule has 9 heteroatoms. The molecule has 1 aliphatic heterocycles. The highest BCUT2D eigenvalue weighted by Gasteiger charge is 2.26. The number of amides is 1. The molecule has 0 radical (unpaired) electrons. The van der Waals surface area contributed by atoms with E-state index in [-0.39, 0.29) is 18.0 Å². The molecule has 4 rings (SSSR count). The van der Waals surface area contributed by atoms with Gasteiger partial charge in [-0.15, -0.1) is 11.3 Å². The Morgan fingerprint density at radius 3 is 2.63 bits per heavy atom. The first-order valence-corrected chi connectivity index (χ1v) is 10.8. The first-order valence-electron chi connectivity index (χ1n) is 9.59. The van der Waals surface area contributed by atoms with Crippen molar-refractivity contribution in [1.29, 1.82) is 0 Å². The van der Waals surface area contributed by atoms with Crippen molar-refractivity contribution in [3.8, 4) is 0 Å². The molecule has 1 aromatic carbocycles. The number of halogens is 1. The maximum atomic E-state index is 13.0. The quantitative estimate of drug-likeness (QED) is 0.670. The highest BCUT2D eigenvalue weighted by molar-refractivity contribution is 7.09. The number of rotatable bonds is 4. The van der Waals surface area contributed by atoms with Gasteiger partial charge in [0.15, 0.2) is 0 Å². The SMILES string of the molecule is Cc1ccc(Cl)cc1N1CCN(C(=O)c2c[nH]c(=O)n(Cc3cccs3)c2=O)CC1. The standard InChI is InChI=1S/C21H21ClN4O3S/c1-14-4-5-15(22)11-18(14)24-6-8-25(9-7-24)19(27)17-12-23-21(29)26(20(17)28)13-16-3-2-10-30-16/h2-5,10-12H,6-9,13H2,1H3,(H,23,29). The molecule has 156 valence electrons. The van der Waals surface area contributed by atoms with Gasteiger partial charge < -0.3 is 14.8 Å². The lowest BCUT2D eigenvalue weighted by atomic mass is 10.1. The van der Waals surface area contributed by atoms with Crippen LogP contribution in [0.3, 0.4) is 0 Å². The Kier molecular flexibility index (Phi) is 5.78. The normalized spacial score (nSPS) is 14.2. The molecular formula is C21H21ClN4O3S. The van der Waals surface area contributed by atoms with E-state index in [1.165, 1.54) is 17.5 Å². The summed E-state index contributed by atoms with van der Waals surface area (Å²) in [6, 6.07) is 9.47. The number of piperazine rings is 1.